The van der Waals surface area contributed by atoms with E-state index < -0.39 is 35.1 Å². The number of pyridine rings is 1. The van der Waals surface area contributed by atoms with Crippen LogP contribution in [0, 0.1) is 5.92 Å². The Balaban J connectivity index is 1.91. The van der Waals surface area contributed by atoms with Gasteiger partial charge in [0.2, 0.25) is 0 Å². The lowest BCUT2D eigenvalue weighted by molar-refractivity contribution is -0.147. The van der Waals surface area contributed by atoms with Gasteiger partial charge in [-0.1, -0.05) is 48.5 Å². The van der Waals surface area contributed by atoms with E-state index in [1.54, 1.807) is 74.5 Å². The third kappa shape index (κ3) is 5.03. The van der Waals surface area contributed by atoms with Gasteiger partial charge in [0, 0.05) is 22.9 Å². The van der Waals surface area contributed by atoms with Gasteiger partial charge in [0.15, 0.2) is 0 Å². The lowest BCUT2D eigenvalue weighted by atomic mass is 9.74. The van der Waals surface area contributed by atoms with E-state index >= 15 is 0 Å². The van der Waals surface area contributed by atoms with Gasteiger partial charge in [0.05, 0.1) is 36.2 Å². The van der Waals surface area contributed by atoms with Gasteiger partial charge in [-0.25, -0.2) is 0 Å². The molecule has 0 amide bonds. The summed E-state index contributed by atoms with van der Waals surface area (Å²) >= 11 is 0. The van der Waals surface area contributed by atoms with Crippen LogP contribution in [0.4, 0.5) is 18.9 Å². The van der Waals surface area contributed by atoms with Gasteiger partial charge in [-0.15, -0.1) is 0 Å². The summed E-state index contributed by atoms with van der Waals surface area (Å²) in [7, 11) is 1.51. The maximum absolute atomic E-state index is 14.6. The minimum atomic E-state index is -4.73. The van der Waals surface area contributed by atoms with Crippen molar-refractivity contribution in [3.8, 4) is 22.7 Å². The maximum Gasteiger partial charge on any atom is 0.416 e. The number of nitrogens with zero attached hydrogens (tertiary/aromatic N) is 2. The lowest BCUT2D eigenvalue weighted by Gasteiger charge is -2.33. The number of halogens is 3. The van der Waals surface area contributed by atoms with Crippen molar-refractivity contribution in [2.45, 2.75) is 25.9 Å². The van der Waals surface area contributed by atoms with Crippen molar-refractivity contribution in [1.82, 2.24) is 4.57 Å². The summed E-state index contributed by atoms with van der Waals surface area (Å²) in [6.45, 7) is 3.20. The highest BCUT2D eigenvalue weighted by Crippen LogP contribution is 2.47. The summed E-state index contributed by atoms with van der Waals surface area (Å²) in [6, 6.07) is 22.6. The molecular formula is C32H27F3N2O4. The monoisotopic (exact) mass is 560 g/mol. The lowest BCUT2D eigenvalue weighted by Crippen LogP contribution is -2.38. The van der Waals surface area contributed by atoms with Gasteiger partial charge >= 0.3 is 12.1 Å². The summed E-state index contributed by atoms with van der Waals surface area (Å²) in [4.78, 5) is 32.5. The molecule has 210 valence electrons. The molecule has 3 aromatic carbocycles. The largest absolute Gasteiger partial charge is 0.496 e. The zero-order chi connectivity index (χ0) is 29.3. The van der Waals surface area contributed by atoms with Gasteiger partial charge < -0.3 is 9.47 Å². The van der Waals surface area contributed by atoms with Crippen LogP contribution >= 0.6 is 0 Å². The molecule has 0 bridgehead atoms. The van der Waals surface area contributed by atoms with Crippen LogP contribution in [0.25, 0.3) is 16.9 Å². The van der Waals surface area contributed by atoms with E-state index in [0.717, 1.165) is 6.07 Å². The van der Waals surface area contributed by atoms with Crippen LogP contribution in [-0.4, -0.2) is 30.0 Å². The third-order valence-electron chi connectivity index (χ3n) is 7.15. The number of hydrogen-bond donors (Lipinski definition) is 0. The second-order valence-corrected chi connectivity index (χ2v) is 9.55. The number of para-hydroxylation sites is 2. The van der Waals surface area contributed by atoms with Crippen LogP contribution in [0.2, 0.25) is 0 Å². The Kier molecular flexibility index (Phi) is 7.53. The number of esters is 1. The minimum Gasteiger partial charge on any atom is -0.496 e. The molecule has 4 aromatic rings. The van der Waals surface area contributed by atoms with Crippen molar-refractivity contribution in [3.05, 3.63) is 112 Å². The standard InChI is InChI=1S/C32H27F3N2O4/c1-4-41-31(39)27-19(2)36-24-18-25(22-15-9-11-17-26(22)40-3)37(20-12-6-5-7-13-20)30(38)29(24)28(27)21-14-8-10-16-23(21)32(33,34)35/h5-18,27-28H,4H2,1-3H3. The van der Waals surface area contributed by atoms with Crippen molar-refractivity contribution < 1.29 is 27.4 Å². The molecule has 1 aliphatic rings. The Bertz CT molecular complexity index is 1690. The summed E-state index contributed by atoms with van der Waals surface area (Å²) in [5, 5.41) is 0. The van der Waals surface area contributed by atoms with Crippen LogP contribution < -0.4 is 10.3 Å². The average Bonchev–Trinajstić information content (AvgIpc) is 2.96. The highest BCUT2D eigenvalue weighted by molar-refractivity contribution is 6.05. The van der Waals surface area contributed by atoms with E-state index in [9.17, 15) is 22.8 Å². The van der Waals surface area contributed by atoms with Gasteiger partial charge in [0.1, 0.15) is 11.7 Å². The molecule has 0 radical (unpaired) electrons. The number of methoxy groups -OCH3 is 1. The Labute approximate surface area is 234 Å². The molecule has 41 heavy (non-hydrogen) atoms. The van der Waals surface area contributed by atoms with E-state index in [-0.39, 0.29) is 29.1 Å². The Morgan fingerprint density at radius 1 is 0.976 bits per heavy atom. The van der Waals surface area contributed by atoms with Crippen molar-refractivity contribution in [1.29, 1.82) is 0 Å². The number of benzene rings is 3. The van der Waals surface area contributed by atoms with Gasteiger partial charge in [-0.2, -0.15) is 13.2 Å². The number of rotatable bonds is 6. The first kappa shape index (κ1) is 27.9. The fourth-order valence-corrected chi connectivity index (χ4v) is 5.45. The Morgan fingerprint density at radius 2 is 1.63 bits per heavy atom. The fourth-order valence-electron chi connectivity index (χ4n) is 5.45. The van der Waals surface area contributed by atoms with E-state index in [1.165, 1.54) is 29.9 Å². The first-order chi connectivity index (χ1) is 19.7. The second-order valence-electron chi connectivity index (χ2n) is 9.55. The third-order valence-corrected chi connectivity index (χ3v) is 7.15. The molecule has 2 atom stereocenters. The predicted molar refractivity (Wildman–Crippen MR) is 150 cm³/mol. The maximum atomic E-state index is 14.6. The number of hydrogen-bond acceptors (Lipinski definition) is 5. The highest BCUT2D eigenvalue weighted by atomic mass is 19.4. The Morgan fingerprint density at radius 3 is 2.32 bits per heavy atom. The van der Waals surface area contributed by atoms with Crippen molar-refractivity contribution >= 4 is 17.4 Å². The molecule has 1 aromatic heterocycles. The summed E-state index contributed by atoms with van der Waals surface area (Å²) in [5.74, 6) is -2.79. The van der Waals surface area contributed by atoms with E-state index in [1.807, 2.05) is 0 Å². The first-order valence-corrected chi connectivity index (χ1v) is 13.0. The number of aliphatic imine (C=N–C) groups is 1. The van der Waals surface area contributed by atoms with Crippen LogP contribution in [0.3, 0.4) is 0 Å². The van der Waals surface area contributed by atoms with Gasteiger partial charge in [-0.05, 0) is 55.8 Å². The second kappa shape index (κ2) is 11.1. The average molecular weight is 561 g/mol. The molecule has 0 aliphatic carbocycles. The molecule has 2 unspecified atom stereocenters. The normalized spacial score (nSPS) is 16.5. The number of alkyl halides is 3. The van der Waals surface area contributed by atoms with Crippen LogP contribution in [0.1, 0.15) is 36.5 Å². The molecule has 0 saturated heterocycles. The molecule has 6 nitrogen and oxygen atoms in total. The van der Waals surface area contributed by atoms with Crippen molar-refractivity contribution in [2.75, 3.05) is 13.7 Å². The van der Waals surface area contributed by atoms with Gasteiger partial charge in [0.25, 0.3) is 5.56 Å². The summed E-state index contributed by atoms with van der Waals surface area (Å²) in [5.41, 5.74) is 0.203. The molecule has 0 N–H and O–H groups in total. The molecule has 5 rings (SSSR count). The van der Waals surface area contributed by atoms with E-state index in [2.05, 4.69) is 4.99 Å². The molecule has 0 saturated carbocycles. The molecule has 9 heteroatoms. The van der Waals surface area contributed by atoms with E-state index in [4.69, 9.17) is 9.47 Å². The number of carbonyl (C=O) groups is 1. The number of ether oxygens (including phenoxy) is 2. The number of carbonyl (C=O) groups excluding carboxylic acids is 1. The van der Waals surface area contributed by atoms with Crippen LogP contribution in [-0.2, 0) is 15.7 Å². The molecule has 0 spiro atoms. The summed E-state index contributed by atoms with van der Waals surface area (Å²) < 4.78 is 55.3. The topological polar surface area (TPSA) is 69.9 Å². The van der Waals surface area contributed by atoms with Crippen molar-refractivity contribution in [3.63, 3.8) is 0 Å². The number of aromatic nitrogens is 1. The first-order valence-electron chi connectivity index (χ1n) is 13.0. The van der Waals surface area contributed by atoms with Gasteiger partial charge in [-0.3, -0.25) is 19.1 Å². The predicted octanol–water partition coefficient (Wildman–Crippen LogP) is 6.95. The molecule has 1 aliphatic heterocycles. The van der Waals surface area contributed by atoms with Crippen LogP contribution in [0.5, 0.6) is 5.75 Å². The minimum absolute atomic E-state index is 0.0180. The zero-order valence-electron chi connectivity index (χ0n) is 22.6. The molecule has 2 heterocycles. The molecular weight excluding hydrogens is 533 g/mol. The zero-order valence-corrected chi connectivity index (χ0v) is 22.6. The molecule has 0 fully saturated rings. The highest BCUT2D eigenvalue weighted by Gasteiger charge is 2.45. The number of fused-ring (bicyclic) bond motifs is 1. The fraction of sp³-hybridized carbons (Fsp3) is 0.219. The SMILES string of the molecule is CCOC(=O)C1C(C)=Nc2cc(-c3ccccc3OC)n(-c3ccccc3)c(=O)c2C1c1ccccc1C(F)(F)F. The summed E-state index contributed by atoms with van der Waals surface area (Å²) in [6.07, 6.45) is -4.73. The Hall–Kier alpha value is -4.66. The van der Waals surface area contributed by atoms with Crippen LogP contribution in [0.15, 0.2) is 94.7 Å². The van der Waals surface area contributed by atoms with Crippen molar-refractivity contribution in [2.24, 2.45) is 10.9 Å². The smallest absolute Gasteiger partial charge is 0.416 e. The van der Waals surface area contributed by atoms with E-state index in [0.29, 0.717) is 22.7 Å². The quantitative estimate of drug-likeness (QED) is 0.239.